The van der Waals surface area contributed by atoms with Gasteiger partial charge in [-0.3, -0.25) is 9.59 Å². The van der Waals surface area contributed by atoms with Gasteiger partial charge in [-0.25, -0.2) is 9.97 Å². The summed E-state index contributed by atoms with van der Waals surface area (Å²) in [6.07, 6.45) is 13.4. The Kier molecular flexibility index (Phi) is 9.30. The van der Waals surface area contributed by atoms with Gasteiger partial charge in [0.1, 0.15) is 23.5 Å². The van der Waals surface area contributed by atoms with Crippen LogP contribution in [-0.4, -0.2) is 47.3 Å². The van der Waals surface area contributed by atoms with Crippen LogP contribution in [-0.2, 0) is 11.3 Å². The molecule has 1 aliphatic heterocycles. The third-order valence-electron chi connectivity index (χ3n) is 8.03. The maximum Gasteiger partial charge on any atom is 0.270 e. The van der Waals surface area contributed by atoms with Crippen molar-refractivity contribution >= 4 is 23.3 Å². The minimum atomic E-state index is -0.375. The molecule has 11 heteroatoms. The van der Waals surface area contributed by atoms with Gasteiger partial charge in [-0.05, 0) is 66.5 Å². The Labute approximate surface area is 234 Å². The van der Waals surface area contributed by atoms with E-state index in [1.54, 1.807) is 0 Å². The number of amidine groups is 1. The number of carbonyl (C=O) groups excluding carboxylic acids is 2. The molecule has 2 saturated carbocycles. The van der Waals surface area contributed by atoms with E-state index in [2.05, 4.69) is 30.7 Å². The van der Waals surface area contributed by atoms with Crippen molar-refractivity contribution in [3.05, 3.63) is 47.5 Å². The van der Waals surface area contributed by atoms with E-state index in [-0.39, 0.29) is 36.5 Å². The second-order valence-corrected chi connectivity index (χ2v) is 11.0. The predicted octanol–water partition coefficient (Wildman–Crippen LogP) is 4.37. The van der Waals surface area contributed by atoms with Crippen molar-refractivity contribution in [3.8, 4) is 5.75 Å². The standard InChI is InChI=1S/C29H38N8O3/c30-28(35-36-34-16-20-7-3-1-4-8-20)23-14-24(33-19-32-23)29(39)31-15-22-11-12-26-25(13-22)37(27(38)18-40-26)17-21-9-5-2-6-10-21/h11-14,19-21H,1-10,15-18H2,(H,31,39)(H2,30,34,35). The van der Waals surface area contributed by atoms with Crippen LogP contribution >= 0.6 is 0 Å². The molecule has 2 aliphatic carbocycles. The van der Waals surface area contributed by atoms with Crippen LogP contribution in [0.15, 0.2) is 46.0 Å². The molecule has 0 bridgehead atoms. The van der Waals surface area contributed by atoms with E-state index in [9.17, 15) is 9.59 Å². The molecule has 0 unspecified atom stereocenters. The first kappa shape index (κ1) is 27.7. The first-order valence-electron chi connectivity index (χ1n) is 14.4. The average Bonchev–Trinajstić information content (AvgIpc) is 3.00. The first-order chi connectivity index (χ1) is 19.6. The molecule has 11 nitrogen and oxygen atoms in total. The van der Waals surface area contributed by atoms with Crippen molar-refractivity contribution in [2.45, 2.75) is 70.8 Å². The number of ether oxygens (including phenoxy) is 1. The number of benzene rings is 1. The Bertz CT molecular complexity index is 1250. The lowest BCUT2D eigenvalue weighted by molar-refractivity contribution is -0.121. The van der Waals surface area contributed by atoms with Crippen molar-refractivity contribution in [2.75, 3.05) is 24.6 Å². The summed E-state index contributed by atoms with van der Waals surface area (Å²) >= 11 is 0. The number of fused-ring (bicyclic) bond motifs is 1. The number of hydrogen-bond acceptors (Lipinski definition) is 7. The van der Waals surface area contributed by atoms with Crippen LogP contribution in [0.4, 0.5) is 5.69 Å². The molecule has 3 aliphatic rings. The van der Waals surface area contributed by atoms with Gasteiger partial charge in [0.2, 0.25) is 0 Å². The molecule has 40 heavy (non-hydrogen) atoms. The van der Waals surface area contributed by atoms with E-state index >= 15 is 0 Å². The fourth-order valence-corrected chi connectivity index (χ4v) is 5.73. The molecule has 2 amide bonds. The van der Waals surface area contributed by atoms with E-state index in [0.717, 1.165) is 24.1 Å². The zero-order chi connectivity index (χ0) is 27.7. The highest BCUT2D eigenvalue weighted by Gasteiger charge is 2.28. The van der Waals surface area contributed by atoms with Crippen molar-refractivity contribution in [1.82, 2.24) is 15.3 Å². The smallest absolute Gasteiger partial charge is 0.270 e. The van der Waals surface area contributed by atoms with Gasteiger partial charge >= 0.3 is 0 Å². The third-order valence-corrected chi connectivity index (χ3v) is 8.03. The summed E-state index contributed by atoms with van der Waals surface area (Å²) in [5, 5.41) is 14.9. The molecule has 0 atom stereocenters. The van der Waals surface area contributed by atoms with E-state index in [0.29, 0.717) is 36.4 Å². The number of hydrogen-bond donors (Lipinski definition) is 2. The molecule has 5 rings (SSSR count). The third kappa shape index (κ3) is 7.19. The van der Waals surface area contributed by atoms with Gasteiger partial charge in [-0.1, -0.05) is 44.6 Å². The number of rotatable bonds is 9. The number of aromatic nitrogens is 2. The highest BCUT2D eigenvalue weighted by Crippen LogP contribution is 2.35. The number of nitrogens with zero attached hydrogens (tertiary/aromatic N) is 6. The summed E-state index contributed by atoms with van der Waals surface area (Å²) in [5.74, 6) is 1.43. The van der Waals surface area contributed by atoms with Gasteiger partial charge in [0.05, 0.1) is 12.2 Å². The van der Waals surface area contributed by atoms with Crippen LogP contribution in [0.3, 0.4) is 0 Å². The molecule has 2 aromatic rings. The monoisotopic (exact) mass is 546 g/mol. The maximum absolute atomic E-state index is 12.9. The lowest BCUT2D eigenvalue weighted by Crippen LogP contribution is -2.42. The first-order valence-corrected chi connectivity index (χ1v) is 14.4. The fourth-order valence-electron chi connectivity index (χ4n) is 5.73. The molecular weight excluding hydrogens is 508 g/mol. The Hall–Kier alpha value is -3.89. The molecule has 1 aromatic heterocycles. The zero-order valence-corrected chi connectivity index (χ0v) is 22.9. The highest BCUT2D eigenvalue weighted by molar-refractivity contribution is 5.99. The minimum Gasteiger partial charge on any atom is -0.482 e. The molecule has 2 heterocycles. The Balaban J connectivity index is 1.19. The highest BCUT2D eigenvalue weighted by atomic mass is 16.5. The Morgan fingerprint density at radius 2 is 1.73 bits per heavy atom. The van der Waals surface area contributed by atoms with Crippen LogP contribution in [0, 0.1) is 11.8 Å². The fraction of sp³-hybridized carbons (Fsp3) is 0.552. The van der Waals surface area contributed by atoms with Crippen LogP contribution < -0.4 is 20.7 Å². The summed E-state index contributed by atoms with van der Waals surface area (Å²) in [7, 11) is 0. The number of nitrogens with two attached hydrogens (primary N) is 1. The van der Waals surface area contributed by atoms with Crippen LogP contribution in [0.1, 0.15) is 86.0 Å². The van der Waals surface area contributed by atoms with Gasteiger partial charge < -0.3 is 20.7 Å². The minimum absolute atomic E-state index is 0.0273. The lowest BCUT2D eigenvalue weighted by Gasteiger charge is -2.34. The molecule has 2 fully saturated rings. The van der Waals surface area contributed by atoms with Crippen LogP contribution in [0.25, 0.3) is 0 Å². The predicted molar refractivity (Wildman–Crippen MR) is 151 cm³/mol. The molecule has 1 aromatic carbocycles. The second-order valence-electron chi connectivity index (χ2n) is 11.0. The molecule has 0 saturated heterocycles. The SMILES string of the molecule is N/C(=N\N=NCC1CCCCC1)c1cc(C(=O)NCc2ccc3c(c2)N(CC2CCCCC2)C(=O)CO3)ncn1. The van der Waals surface area contributed by atoms with Gasteiger partial charge in [0.15, 0.2) is 12.4 Å². The lowest BCUT2D eigenvalue weighted by atomic mass is 9.88. The van der Waals surface area contributed by atoms with E-state index < -0.39 is 0 Å². The number of carbonyl (C=O) groups is 2. The van der Waals surface area contributed by atoms with Crippen molar-refractivity contribution in [2.24, 2.45) is 33.0 Å². The van der Waals surface area contributed by atoms with Gasteiger partial charge in [-0.15, -0.1) is 5.10 Å². The quantitative estimate of drug-likeness (QED) is 0.207. The summed E-state index contributed by atoms with van der Waals surface area (Å²) in [6.45, 7) is 1.67. The Morgan fingerprint density at radius 3 is 2.50 bits per heavy atom. The largest absolute Gasteiger partial charge is 0.482 e. The second kappa shape index (κ2) is 13.5. The molecule has 212 valence electrons. The van der Waals surface area contributed by atoms with E-state index in [1.165, 1.54) is 63.8 Å². The molecule has 0 radical (unpaired) electrons. The van der Waals surface area contributed by atoms with Crippen LogP contribution in [0.2, 0.25) is 0 Å². The zero-order valence-electron chi connectivity index (χ0n) is 22.9. The Morgan fingerprint density at radius 1 is 1.00 bits per heavy atom. The average molecular weight is 547 g/mol. The summed E-state index contributed by atoms with van der Waals surface area (Å²) in [4.78, 5) is 35.7. The number of amides is 2. The maximum atomic E-state index is 12.9. The number of anilines is 1. The summed E-state index contributed by atoms with van der Waals surface area (Å²) in [5.41, 5.74) is 8.12. The van der Waals surface area contributed by atoms with E-state index in [1.807, 2.05) is 23.1 Å². The molecular formula is C29H38N8O3. The topological polar surface area (TPSA) is 148 Å². The van der Waals surface area contributed by atoms with E-state index in [4.69, 9.17) is 10.5 Å². The van der Waals surface area contributed by atoms with Crippen molar-refractivity contribution in [3.63, 3.8) is 0 Å². The summed E-state index contributed by atoms with van der Waals surface area (Å²) in [6, 6.07) is 7.15. The van der Waals surface area contributed by atoms with Gasteiger partial charge in [0.25, 0.3) is 11.8 Å². The van der Waals surface area contributed by atoms with Gasteiger partial charge in [-0.2, -0.15) is 5.11 Å². The normalized spacial score (nSPS) is 18.9. The van der Waals surface area contributed by atoms with Crippen LogP contribution in [0.5, 0.6) is 5.75 Å². The number of nitrogens with one attached hydrogen (secondary N) is 1. The molecule has 3 N–H and O–H groups in total. The van der Waals surface area contributed by atoms with Crippen molar-refractivity contribution in [1.29, 1.82) is 0 Å². The summed E-state index contributed by atoms with van der Waals surface area (Å²) < 4.78 is 5.67. The van der Waals surface area contributed by atoms with Crippen molar-refractivity contribution < 1.29 is 14.3 Å². The molecule has 0 spiro atoms. The van der Waals surface area contributed by atoms with Gasteiger partial charge in [0, 0.05) is 13.1 Å².